The molecule has 0 aromatic heterocycles. The molecule has 3 heteroatoms. The van der Waals surface area contributed by atoms with Gasteiger partial charge in [0.05, 0.1) is 5.60 Å². The minimum atomic E-state index is -0.993. The van der Waals surface area contributed by atoms with Crippen LogP contribution in [0.5, 0.6) is 5.75 Å². The number of benzene rings is 1. The fourth-order valence-electron chi connectivity index (χ4n) is 7.15. The van der Waals surface area contributed by atoms with Crippen molar-refractivity contribution in [2.24, 2.45) is 16.7 Å². The lowest BCUT2D eigenvalue weighted by Gasteiger charge is -2.60. The molecular weight excluding hydrogens is 312 g/mol. The van der Waals surface area contributed by atoms with E-state index in [9.17, 15) is 15.0 Å². The van der Waals surface area contributed by atoms with Crippen molar-refractivity contribution in [3.05, 3.63) is 35.4 Å². The Morgan fingerprint density at radius 1 is 1.12 bits per heavy atom. The zero-order chi connectivity index (χ0) is 17.7. The van der Waals surface area contributed by atoms with Crippen LogP contribution in [0.15, 0.2) is 24.3 Å². The summed E-state index contributed by atoms with van der Waals surface area (Å²) in [5.41, 5.74) is 0.391. The van der Waals surface area contributed by atoms with Crippen LogP contribution in [0.25, 0.3) is 6.08 Å². The summed E-state index contributed by atoms with van der Waals surface area (Å²) in [4.78, 5) is 13.1. The summed E-state index contributed by atoms with van der Waals surface area (Å²) < 4.78 is 0. The monoisotopic (exact) mass is 338 g/mol. The molecule has 25 heavy (non-hydrogen) atoms. The minimum absolute atomic E-state index is 0.00282. The highest BCUT2D eigenvalue weighted by Gasteiger charge is 2.73. The summed E-state index contributed by atoms with van der Waals surface area (Å²) >= 11 is 0. The summed E-state index contributed by atoms with van der Waals surface area (Å²) in [5.74, 6) is 0.638. The van der Waals surface area contributed by atoms with Gasteiger partial charge < -0.3 is 10.2 Å². The number of hydrogen-bond donors (Lipinski definition) is 2. The van der Waals surface area contributed by atoms with Crippen LogP contribution in [-0.4, -0.2) is 21.6 Å². The molecule has 1 aromatic rings. The average molecular weight is 338 g/mol. The first-order valence-electron chi connectivity index (χ1n) is 9.55. The van der Waals surface area contributed by atoms with Gasteiger partial charge in [0.15, 0.2) is 0 Å². The van der Waals surface area contributed by atoms with Gasteiger partial charge in [0.1, 0.15) is 11.5 Å². The lowest BCUT2D eigenvalue weighted by Crippen LogP contribution is -2.64. The van der Waals surface area contributed by atoms with Crippen molar-refractivity contribution in [3.63, 3.8) is 0 Å². The third-order valence-corrected chi connectivity index (χ3v) is 8.64. The molecule has 0 aliphatic heterocycles. The maximum Gasteiger partial charge on any atom is 0.140 e. The normalized spacial score (nSPS) is 47.2. The quantitative estimate of drug-likeness (QED) is 0.752. The zero-order valence-corrected chi connectivity index (χ0v) is 15.0. The van der Waals surface area contributed by atoms with Gasteiger partial charge in [-0.05, 0) is 60.8 Å². The molecule has 132 valence electrons. The summed E-state index contributed by atoms with van der Waals surface area (Å²) in [6.45, 7) is 4.43. The zero-order valence-electron chi connectivity index (χ0n) is 15.0. The van der Waals surface area contributed by atoms with E-state index in [1.165, 1.54) is 0 Å². The molecule has 5 rings (SSSR count). The van der Waals surface area contributed by atoms with E-state index in [4.69, 9.17) is 0 Å². The van der Waals surface area contributed by atoms with Gasteiger partial charge in [-0.1, -0.05) is 32.1 Å². The van der Waals surface area contributed by atoms with Gasteiger partial charge in [-0.3, -0.25) is 4.79 Å². The van der Waals surface area contributed by atoms with Gasteiger partial charge >= 0.3 is 0 Å². The van der Waals surface area contributed by atoms with Crippen molar-refractivity contribution in [2.45, 2.75) is 63.4 Å². The lowest BCUT2D eigenvalue weighted by molar-refractivity contribution is -0.159. The van der Waals surface area contributed by atoms with Crippen LogP contribution in [-0.2, 0) is 10.2 Å². The molecule has 5 atom stereocenters. The Labute approximate surface area is 148 Å². The van der Waals surface area contributed by atoms with Crippen LogP contribution in [0.3, 0.4) is 0 Å². The number of fused-ring (bicyclic) bond motifs is 4. The van der Waals surface area contributed by atoms with Gasteiger partial charge in [-0.25, -0.2) is 0 Å². The first-order chi connectivity index (χ1) is 11.8. The molecule has 0 saturated heterocycles. The van der Waals surface area contributed by atoms with Crippen LogP contribution in [0.1, 0.15) is 63.5 Å². The Bertz CT molecular complexity index is 827. The second-order valence-electron chi connectivity index (χ2n) is 9.31. The number of hydrogen-bond acceptors (Lipinski definition) is 3. The molecule has 1 aromatic carbocycles. The molecule has 0 heterocycles. The number of carbonyl (C=O) groups excluding carboxylic acids is 1. The molecule has 1 spiro atoms. The van der Waals surface area contributed by atoms with Crippen LogP contribution in [0.2, 0.25) is 0 Å². The molecule has 3 nitrogen and oxygen atoms in total. The number of rotatable bonds is 0. The Morgan fingerprint density at radius 3 is 2.72 bits per heavy atom. The van der Waals surface area contributed by atoms with Gasteiger partial charge in [0, 0.05) is 23.2 Å². The number of carbonyl (C=O) groups is 1. The third-order valence-electron chi connectivity index (χ3n) is 8.64. The molecule has 0 amide bonds. The largest absolute Gasteiger partial charge is 0.508 e. The van der Waals surface area contributed by atoms with E-state index in [0.717, 1.165) is 43.2 Å². The van der Waals surface area contributed by atoms with Crippen molar-refractivity contribution in [2.75, 3.05) is 0 Å². The molecule has 4 aliphatic carbocycles. The second kappa shape index (κ2) is 4.37. The Morgan fingerprint density at radius 2 is 1.92 bits per heavy atom. The van der Waals surface area contributed by atoms with Gasteiger partial charge in [-0.2, -0.15) is 0 Å². The van der Waals surface area contributed by atoms with E-state index in [0.29, 0.717) is 12.2 Å². The van der Waals surface area contributed by atoms with E-state index < -0.39 is 11.0 Å². The molecule has 0 bridgehead atoms. The Hall–Kier alpha value is -1.61. The highest BCUT2D eigenvalue weighted by Crippen LogP contribution is 2.73. The van der Waals surface area contributed by atoms with Crippen LogP contribution < -0.4 is 0 Å². The van der Waals surface area contributed by atoms with E-state index in [1.54, 1.807) is 12.1 Å². The molecule has 2 N–H and O–H groups in total. The van der Waals surface area contributed by atoms with Gasteiger partial charge in [0.25, 0.3) is 0 Å². The predicted molar refractivity (Wildman–Crippen MR) is 96.2 cm³/mol. The fourth-order valence-corrected chi connectivity index (χ4v) is 7.15. The maximum absolute atomic E-state index is 13.1. The summed E-state index contributed by atoms with van der Waals surface area (Å²) in [5, 5.41) is 21.8. The number of aliphatic hydroxyl groups is 1. The Balaban J connectivity index is 1.71. The first-order valence-corrected chi connectivity index (χ1v) is 9.55. The number of phenols is 1. The number of phenolic OH excluding ortho intramolecular Hbond substituents is 1. The summed E-state index contributed by atoms with van der Waals surface area (Å²) in [6, 6.07) is 5.45. The van der Waals surface area contributed by atoms with Crippen molar-refractivity contribution < 1.29 is 15.0 Å². The average Bonchev–Trinajstić information content (AvgIpc) is 3.01. The third kappa shape index (κ3) is 1.51. The number of ketones is 1. The molecule has 1 unspecified atom stereocenters. The summed E-state index contributed by atoms with van der Waals surface area (Å²) in [6.07, 6.45) is 9.19. The lowest BCUT2D eigenvalue weighted by atomic mass is 9.45. The predicted octanol–water partition coefficient (Wildman–Crippen LogP) is 3.97. The van der Waals surface area contributed by atoms with E-state index in [2.05, 4.69) is 13.8 Å². The molecular formula is C22H26O3. The standard InChI is InChI=1S/C22H26O3/c1-19-8-6-17-21(19,18(24)7-9-19)12-11-20(2)16-4-3-15(23)13-14(16)5-10-22(17,20)25/h3-5,10,13,17,23,25H,6-9,11-12H2,1-2H3/t17?,19-,20+,21+,22+/m0/s1. The first kappa shape index (κ1) is 15.6. The van der Waals surface area contributed by atoms with Gasteiger partial charge in [-0.15, -0.1) is 0 Å². The number of Topliss-reactive ketones (excluding diaryl/α,β-unsaturated/α-hetero) is 1. The Kier molecular flexibility index (Phi) is 2.74. The van der Waals surface area contributed by atoms with E-state index in [1.807, 2.05) is 18.2 Å². The topological polar surface area (TPSA) is 57.5 Å². The molecule has 4 aliphatic rings. The van der Waals surface area contributed by atoms with E-state index >= 15 is 0 Å². The van der Waals surface area contributed by atoms with Crippen LogP contribution in [0, 0.1) is 16.7 Å². The van der Waals surface area contributed by atoms with Crippen molar-refractivity contribution in [3.8, 4) is 5.75 Å². The van der Waals surface area contributed by atoms with E-state index in [-0.39, 0.29) is 22.5 Å². The minimum Gasteiger partial charge on any atom is -0.508 e. The van der Waals surface area contributed by atoms with Crippen molar-refractivity contribution in [1.29, 1.82) is 0 Å². The van der Waals surface area contributed by atoms with Gasteiger partial charge in [0.2, 0.25) is 0 Å². The van der Waals surface area contributed by atoms with Crippen LogP contribution >= 0.6 is 0 Å². The molecule has 0 radical (unpaired) electrons. The summed E-state index contributed by atoms with van der Waals surface area (Å²) in [7, 11) is 0. The van der Waals surface area contributed by atoms with Crippen LogP contribution in [0.4, 0.5) is 0 Å². The molecule has 3 saturated carbocycles. The molecule has 3 fully saturated rings. The maximum atomic E-state index is 13.1. The smallest absolute Gasteiger partial charge is 0.140 e. The van der Waals surface area contributed by atoms with Crippen molar-refractivity contribution >= 4 is 11.9 Å². The highest BCUT2D eigenvalue weighted by molar-refractivity contribution is 5.90. The SMILES string of the molecule is C[C@]12CCC(=O)[C@]13CC[C@]1(C)c4ccc(O)cc4C=C[C@@]1(O)C3CC2. The number of aromatic hydroxyl groups is 1. The fraction of sp³-hybridized carbons (Fsp3) is 0.591. The van der Waals surface area contributed by atoms with Crippen molar-refractivity contribution in [1.82, 2.24) is 0 Å². The second-order valence-corrected chi connectivity index (χ2v) is 9.31. The highest BCUT2D eigenvalue weighted by atomic mass is 16.3.